The van der Waals surface area contributed by atoms with Crippen molar-refractivity contribution in [1.29, 1.82) is 0 Å². The molecule has 0 unspecified atom stereocenters. The summed E-state index contributed by atoms with van der Waals surface area (Å²) in [5, 5.41) is 4.73. The van der Waals surface area contributed by atoms with Gasteiger partial charge in [0.1, 0.15) is 5.69 Å². The van der Waals surface area contributed by atoms with Gasteiger partial charge in [0.15, 0.2) is 0 Å². The SMILES string of the molecule is COC(=O)c1cc(-c2cc(Cl)ccc2Cl)no1. The van der Waals surface area contributed by atoms with Gasteiger partial charge in [0.05, 0.1) is 12.1 Å². The van der Waals surface area contributed by atoms with E-state index in [4.69, 9.17) is 27.7 Å². The zero-order chi connectivity index (χ0) is 12.4. The van der Waals surface area contributed by atoms with E-state index in [1.165, 1.54) is 13.2 Å². The van der Waals surface area contributed by atoms with Gasteiger partial charge in [0, 0.05) is 16.7 Å². The molecule has 0 aliphatic heterocycles. The summed E-state index contributed by atoms with van der Waals surface area (Å²) in [4.78, 5) is 11.2. The van der Waals surface area contributed by atoms with Crippen molar-refractivity contribution in [2.24, 2.45) is 0 Å². The van der Waals surface area contributed by atoms with Gasteiger partial charge in [-0.2, -0.15) is 0 Å². The van der Waals surface area contributed by atoms with Crippen molar-refractivity contribution in [2.75, 3.05) is 7.11 Å². The van der Waals surface area contributed by atoms with E-state index in [-0.39, 0.29) is 5.76 Å². The lowest BCUT2D eigenvalue weighted by molar-refractivity contribution is 0.0554. The number of esters is 1. The zero-order valence-electron chi connectivity index (χ0n) is 8.74. The molecular formula is C11H7Cl2NO3. The minimum absolute atomic E-state index is 0.0125. The number of hydrogen-bond acceptors (Lipinski definition) is 4. The summed E-state index contributed by atoms with van der Waals surface area (Å²) in [7, 11) is 1.26. The molecule has 6 heteroatoms. The number of nitrogens with zero attached hydrogens (tertiary/aromatic N) is 1. The summed E-state index contributed by atoms with van der Waals surface area (Å²) in [6.07, 6.45) is 0. The normalized spacial score (nSPS) is 10.3. The maximum atomic E-state index is 11.2. The second kappa shape index (κ2) is 4.77. The number of carbonyl (C=O) groups excluding carboxylic acids is 1. The van der Waals surface area contributed by atoms with Gasteiger partial charge in [-0.1, -0.05) is 28.4 Å². The topological polar surface area (TPSA) is 52.3 Å². The Morgan fingerprint density at radius 3 is 2.82 bits per heavy atom. The fourth-order valence-corrected chi connectivity index (χ4v) is 1.68. The lowest BCUT2D eigenvalue weighted by Crippen LogP contribution is -1.98. The molecule has 2 rings (SSSR count). The molecule has 1 aromatic heterocycles. The van der Waals surface area contributed by atoms with Gasteiger partial charge in [-0.05, 0) is 18.2 Å². The Morgan fingerprint density at radius 1 is 1.35 bits per heavy atom. The molecule has 0 bridgehead atoms. The molecule has 0 spiro atoms. The fraction of sp³-hybridized carbons (Fsp3) is 0.0909. The van der Waals surface area contributed by atoms with Crippen LogP contribution in [-0.2, 0) is 4.74 Å². The minimum atomic E-state index is -0.595. The largest absolute Gasteiger partial charge is 0.463 e. The first-order chi connectivity index (χ1) is 8.11. The molecule has 0 fully saturated rings. The summed E-state index contributed by atoms with van der Waals surface area (Å²) in [5.74, 6) is -0.583. The molecule has 0 aliphatic carbocycles. The van der Waals surface area contributed by atoms with Gasteiger partial charge in [-0.15, -0.1) is 0 Å². The van der Waals surface area contributed by atoms with Crippen LogP contribution in [0.4, 0.5) is 0 Å². The molecule has 0 saturated carbocycles. The quantitative estimate of drug-likeness (QED) is 0.786. The van der Waals surface area contributed by atoms with E-state index < -0.39 is 5.97 Å². The number of benzene rings is 1. The Labute approximate surface area is 107 Å². The highest BCUT2D eigenvalue weighted by Crippen LogP contribution is 2.30. The standard InChI is InChI=1S/C11H7Cl2NO3/c1-16-11(15)10-5-9(14-17-10)7-4-6(12)2-3-8(7)13/h2-5H,1H3. The summed E-state index contributed by atoms with van der Waals surface area (Å²) in [6, 6.07) is 6.40. The molecule has 88 valence electrons. The van der Waals surface area contributed by atoms with Crippen LogP contribution >= 0.6 is 23.2 Å². The zero-order valence-corrected chi connectivity index (χ0v) is 10.2. The third kappa shape index (κ3) is 2.43. The smallest absolute Gasteiger partial charge is 0.376 e. The second-order valence-electron chi connectivity index (χ2n) is 3.19. The Bertz CT molecular complexity index is 566. The second-order valence-corrected chi connectivity index (χ2v) is 4.04. The van der Waals surface area contributed by atoms with Gasteiger partial charge in [-0.25, -0.2) is 4.79 Å². The number of aromatic nitrogens is 1. The Morgan fingerprint density at radius 2 is 2.12 bits per heavy atom. The first-order valence-corrected chi connectivity index (χ1v) is 5.38. The molecule has 0 radical (unpaired) electrons. The molecule has 17 heavy (non-hydrogen) atoms. The molecule has 0 amide bonds. The van der Waals surface area contributed by atoms with Crippen LogP contribution in [0.3, 0.4) is 0 Å². The van der Waals surface area contributed by atoms with Crippen LogP contribution in [0.15, 0.2) is 28.8 Å². The first kappa shape index (κ1) is 12.0. The van der Waals surface area contributed by atoms with E-state index in [1.807, 2.05) is 0 Å². The van der Waals surface area contributed by atoms with E-state index in [0.29, 0.717) is 21.3 Å². The molecule has 4 nitrogen and oxygen atoms in total. The van der Waals surface area contributed by atoms with Crippen LogP contribution in [0.25, 0.3) is 11.3 Å². The Kier molecular flexibility index (Phi) is 3.36. The number of methoxy groups -OCH3 is 1. The van der Waals surface area contributed by atoms with Crippen LogP contribution in [0, 0.1) is 0 Å². The van der Waals surface area contributed by atoms with Gasteiger partial charge in [-0.3, -0.25) is 0 Å². The molecule has 0 N–H and O–H groups in total. The minimum Gasteiger partial charge on any atom is -0.463 e. The average molecular weight is 272 g/mol. The highest BCUT2D eigenvalue weighted by atomic mass is 35.5. The van der Waals surface area contributed by atoms with Crippen LogP contribution < -0.4 is 0 Å². The third-order valence-electron chi connectivity index (χ3n) is 2.10. The van der Waals surface area contributed by atoms with E-state index in [1.54, 1.807) is 18.2 Å². The highest BCUT2D eigenvalue weighted by molar-refractivity contribution is 6.35. The maximum Gasteiger partial charge on any atom is 0.376 e. The molecule has 0 atom stereocenters. The Hall–Kier alpha value is -1.52. The fourth-order valence-electron chi connectivity index (χ4n) is 1.29. The lowest BCUT2D eigenvalue weighted by Gasteiger charge is -1.99. The number of rotatable bonds is 2. The van der Waals surface area contributed by atoms with E-state index in [2.05, 4.69) is 9.89 Å². The van der Waals surface area contributed by atoms with Gasteiger partial charge in [0.25, 0.3) is 0 Å². The summed E-state index contributed by atoms with van der Waals surface area (Å²) in [5.41, 5.74) is 1.02. The summed E-state index contributed by atoms with van der Waals surface area (Å²) >= 11 is 11.9. The number of halogens is 2. The molecule has 1 heterocycles. The van der Waals surface area contributed by atoms with Gasteiger partial charge >= 0.3 is 5.97 Å². The molecule has 0 aliphatic rings. The predicted molar refractivity (Wildman–Crippen MR) is 63.3 cm³/mol. The van der Waals surface area contributed by atoms with E-state index in [0.717, 1.165) is 0 Å². The average Bonchev–Trinajstić information content (AvgIpc) is 2.80. The van der Waals surface area contributed by atoms with Crippen molar-refractivity contribution in [3.8, 4) is 11.3 Å². The van der Waals surface area contributed by atoms with Crippen molar-refractivity contribution in [1.82, 2.24) is 5.16 Å². The predicted octanol–water partition coefficient (Wildman–Crippen LogP) is 3.44. The van der Waals surface area contributed by atoms with Crippen LogP contribution in [0.1, 0.15) is 10.6 Å². The van der Waals surface area contributed by atoms with Crippen molar-refractivity contribution in [3.63, 3.8) is 0 Å². The summed E-state index contributed by atoms with van der Waals surface area (Å²) < 4.78 is 9.35. The van der Waals surface area contributed by atoms with Crippen molar-refractivity contribution >= 4 is 29.2 Å². The van der Waals surface area contributed by atoms with Crippen LogP contribution in [-0.4, -0.2) is 18.2 Å². The molecule has 2 aromatic rings. The molecular weight excluding hydrogens is 265 g/mol. The van der Waals surface area contributed by atoms with Gasteiger partial charge in [0.2, 0.25) is 5.76 Å². The highest BCUT2D eigenvalue weighted by Gasteiger charge is 2.15. The first-order valence-electron chi connectivity index (χ1n) is 4.62. The van der Waals surface area contributed by atoms with E-state index in [9.17, 15) is 4.79 Å². The van der Waals surface area contributed by atoms with Crippen molar-refractivity contribution in [2.45, 2.75) is 0 Å². The maximum absolute atomic E-state index is 11.2. The van der Waals surface area contributed by atoms with Crippen molar-refractivity contribution < 1.29 is 14.1 Å². The Balaban J connectivity index is 2.43. The van der Waals surface area contributed by atoms with Gasteiger partial charge < -0.3 is 9.26 Å². The molecule has 0 saturated heterocycles. The monoisotopic (exact) mass is 271 g/mol. The summed E-state index contributed by atoms with van der Waals surface area (Å²) in [6.45, 7) is 0. The van der Waals surface area contributed by atoms with Crippen LogP contribution in [0.2, 0.25) is 10.0 Å². The van der Waals surface area contributed by atoms with Crippen LogP contribution in [0.5, 0.6) is 0 Å². The van der Waals surface area contributed by atoms with Crippen molar-refractivity contribution in [3.05, 3.63) is 40.1 Å². The van der Waals surface area contributed by atoms with E-state index >= 15 is 0 Å². The number of carbonyl (C=O) groups is 1. The number of hydrogen-bond donors (Lipinski definition) is 0. The molecule has 1 aromatic carbocycles. The lowest BCUT2D eigenvalue weighted by atomic mass is 10.1. The number of ether oxygens (including phenoxy) is 1. The third-order valence-corrected chi connectivity index (χ3v) is 2.67.